The van der Waals surface area contributed by atoms with Gasteiger partial charge < -0.3 is 4.57 Å². The molecule has 0 unspecified atom stereocenters. The Morgan fingerprint density at radius 3 is 2.59 bits per heavy atom. The van der Waals surface area contributed by atoms with Gasteiger partial charge >= 0.3 is 6.18 Å². The minimum absolute atomic E-state index is 0.121. The standard InChI is InChI=1S/C17H11ClF3N5OS2/c1-25-8-22-12-13(25)24-16(26(14(12)27)11-4-2-9(18)3-5-11)29-7-10-6-28-15(23-10)17(19,20)21/h2-6,8H,7H2,1H3. The van der Waals surface area contributed by atoms with Gasteiger partial charge in [0.25, 0.3) is 5.56 Å². The number of hydrogen-bond acceptors (Lipinski definition) is 6. The predicted octanol–water partition coefficient (Wildman–Crippen LogP) is 4.54. The summed E-state index contributed by atoms with van der Waals surface area (Å²) in [7, 11) is 1.71. The summed E-state index contributed by atoms with van der Waals surface area (Å²) in [5.74, 6) is 0.121. The number of hydrogen-bond donors (Lipinski definition) is 0. The minimum Gasteiger partial charge on any atom is -0.318 e. The molecule has 0 fully saturated rings. The second kappa shape index (κ2) is 7.47. The quantitative estimate of drug-likeness (QED) is 0.332. The van der Waals surface area contributed by atoms with Gasteiger partial charge in [-0.05, 0) is 24.3 Å². The van der Waals surface area contributed by atoms with E-state index < -0.39 is 11.2 Å². The fourth-order valence-electron chi connectivity index (χ4n) is 2.60. The highest BCUT2D eigenvalue weighted by molar-refractivity contribution is 7.98. The molecule has 0 aliphatic rings. The van der Waals surface area contributed by atoms with Gasteiger partial charge in [-0.3, -0.25) is 9.36 Å². The van der Waals surface area contributed by atoms with E-state index in [2.05, 4.69) is 15.0 Å². The number of aryl methyl sites for hydroxylation is 1. The molecule has 0 saturated heterocycles. The number of aromatic nitrogens is 5. The first-order valence-electron chi connectivity index (χ1n) is 8.08. The fraction of sp³-hybridized carbons (Fsp3) is 0.176. The normalized spacial score (nSPS) is 12.0. The van der Waals surface area contributed by atoms with Crippen molar-refractivity contribution in [3.63, 3.8) is 0 Å². The van der Waals surface area contributed by atoms with Crippen LogP contribution in [0.15, 0.2) is 45.9 Å². The summed E-state index contributed by atoms with van der Waals surface area (Å²) >= 11 is 7.59. The Kier molecular flexibility index (Phi) is 5.13. The van der Waals surface area contributed by atoms with Crippen molar-refractivity contribution in [3.05, 3.63) is 62.1 Å². The van der Waals surface area contributed by atoms with Crippen LogP contribution in [0.3, 0.4) is 0 Å². The zero-order valence-electron chi connectivity index (χ0n) is 14.6. The van der Waals surface area contributed by atoms with Crippen molar-refractivity contribution in [1.82, 2.24) is 24.1 Å². The molecule has 0 aliphatic carbocycles. The topological polar surface area (TPSA) is 65.6 Å². The van der Waals surface area contributed by atoms with E-state index in [9.17, 15) is 18.0 Å². The maximum absolute atomic E-state index is 13.0. The van der Waals surface area contributed by atoms with E-state index in [-0.39, 0.29) is 22.5 Å². The lowest BCUT2D eigenvalue weighted by Gasteiger charge is -2.12. The monoisotopic (exact) mass is 457 g/mol. The molecule has 0 N–H and O–H groups in total. The highest BCUT2D eigenvalue weighted by Gasteiger charge is 2.34. The molecule has 3 aromatic heterocycles. The summed E-state index contributed by atoms with van der Waals surface area (Å²) in [5, 5.41) is 1.27. The molecule has 150 valence electrons. The van der Waals surface area contributed by atoms with E-state index in [1.807, 2.05) is 0 Å². The number of thiazole rings is 1. The molecule has 0 spiro atoms. The Morgan fingerprint density at radius 1 is 1.21 bits per heavy atom. The lowest BCUT2D eigenvalue weighted by atomic mass is 10.3. The summed E-state index contributed by atoms with van der Waals surface area (Å²) in [4.78, 5) is 25.3. The largest absolute Gasteiger partial charge is 0.443 e. The number of nitrogens with zero attached hydrogens (tertiary/aromatic N) is 5. The van der Waals surface area contributed by atoms with E-state index in [0.29, 0.717) is 32.9 Å². The third kappa shape index (κ3) is 3.89. The Morgan fingerprint density at radius 2 is 1.93 bits per heavy atom. The third-order valence-corrected chi connectivity index (χ3v) is 6.09. The smallest absolute Gasteiger partial charge is 0.318 e. The van der Waals surface area contributed by atoms with E-state index in [4.69, 9.17) is 11.6 Å². The molecule has 4 aromatic rings. The van der Waals surface area contributed by atoms with Gasteiger partial charge in [-0.2, -0.15) is 13.2 Å². The van der Waals surface area contributed by atoms with Crippen LogP contribution in [0.5, 0.6) is 0 Å². The Balaban J connectivity index is 1.76. The molecule has 0 atom stereocenters. The third-order valence-electron chi connectivity index (χ3n) is 3.93. The summed E-state index contributed by atoms with van der Waals surface area (Å²) < 4.78 is 41.3. The van der Waals surface area contributed by atoms with E-state index in [1.165, 1.54) is 16.3 Å². The van der Waals surface area contributed by atoms with Crippen LogP contribution in [0.25, 0.3) is 16.9 Å². The van der Waals surface area contributed by atoms with Gasteiger partial charge in [0.1, 0.15) is 0 Å². The molecule has 4 rings (SSSR count). The van der Waals surface area contributed by atoms with Gasteiger partial charge in [-0.25, -0.2) is 15.0 Å². The number of alkyl halides is 3. The molecular weight excluding hydrogens is 447 g/mol. The summed E-state index contributed by atoms with van der Waals surface area (Å²) in [6, 6.07) is 6.59. The van der Waals surface area contributed by atoms with Crippen molar-refractivity contribution in [2.24, 2.45) is 7.05 Å². The SMILES string of the molecule is Cn1cnc2c(=O)n(-c3ccc(Cl)cc3)c(SCc3csc(C(F)(F)F)n3)nc21. The molecule has 1 aromatic carbocycles. The number of rotatable bonds is 4. The van der Waals surface area contributed by atoms with Crippen molar-refractivity contribution >= 4 is 45.9 Å². The van der Waals surface area contributed by atoms with Crippen LogP contribution in [0.4, 0.5) is 13.2 Å². The Bertz CT molecular complexity index is 1250. The predicted molar refractivity (Wildman–Crippen MR) is 106 cm³/mol. The average Bonchev–Trinajstić information content (AvgIpc) is 3.29. The van der Waals surface area contributed by atoms with Gasteiger partial charge in [0.2, 0.25) is 0 Å². The first-order valence-corrected chi connectivity index (χ1v) is 10.3. The maximum Gasteiger partial charge on any atom is 0.443 e. The highest BCUT2D eigenvalue weighted by Crippen LogP contribution is 2.33. The van der Waals surface area contributed by atoms with Crippen molar-refractivity contribution < 1.29 is 13.2 Å². The average molecular weight is 458 g/mol. The van der Waals surface area contributed by atoms with Crippen LogP contribution < -0.4 is 5.56 Å². The second-order valence-corrected chi connectivity index (χ2v) is 8.21. The molecular formula is C17H11ClF3N5OS2. The molecule has 29 heavy (non-hydrogen) atoms. The molecule has 0 amide bonds. The molecule has 6 nitrogen and oxygen atoms in total. The number of halogens is 4. The van der Waals surface area contributed by atoms with Crippen molar-refractivity contribution in [2.45, 2.75) is 17.1 Å². The first-order chi connectivity index (χ1) is 13.7. The van der Waals surface area contributed by atoms with Crippen LogP contribution in [0, 0.1) is 0 Å². The zero-order valence-corrected chi connectivity index (χ0v) is 17.0. The van der Waals surface area contributed by atoms with Crippen LogP contribution in [-0.4, -0.2) is 24.1 Å². The van der Waals surface area contributed by atoms with Gasteiger partial charge in [0, 0.05) is 23.2 Å². The van der Waals surface area contributed by atoms with Gasteiger partial charge in [0.15, 0.2) is 21.3 Å². The van der Waals surface area contributed by atoms with Crippen LogP contribution in [0.1, 0.15) is 10.7 Å². The Hall–Kier alpha value is -2.37. The van der Waals surface area contributed by atoms with E-state index >= 15 is 0 Å². The fourth-order valence-corrected chi connectivity index (χ4v) is 4.41. The van der Waals surface area contributed by atoms with Crippen LogP contribution >= 0.6 is 34.7 Å². The van der Waals surface area contributed by atoms with Gasteiger partial charge in [0.05, 0.1) is 17.7 Å². The minimum atomic E-state index is -4.48. The summed E-state index contributed by atoms with van der Waals surface area (Å²) in [6.45, 7) is 0. The van der Waals surface area contributed by atoms with Crippen molar-refractivity contribution in [3.8, 4) is 5.69 Å². The van der Waals surface area contributed by atoms with Crippen molar-refractivity contribution in [2.75, 3.05) is 0 Å². The van der Waals surface area contributed by atoms with Gasteiger partial charge in [-0.1, -0.05) is 23.4 Å². The van der Waals surface area contributed by atoms with E-state index in [0.717, 1.165) is 11.8 Å². The van der Waals surface area contributed by atoms with Crippen LogP contribution in [0.2, 0.25) is 5.02 Å². The molecule has 0 aliphatic heterocycles. The van der Waals surface area contributed by atoms with E-state index in [1.54, 1.807) is 35.9 Å². The van der Waals surface area contributed by atoms with Gasteiger partial charge in [-0.15, -0.1) is 11.3 Å². The molecule has 12 heteroatoms. The first kappa shape index (κ1) is 19.9. The lowest BCUT2D eigenvalue weighted by Crippen LogP contribution is -2.22. The Labute approximate surface area is 175 Å². The number of fused-ring (bicyclic) bond motifs is 1. The summed E-state index contributed by atoms with van der Waals surface area (Å²) in [5.41, 5.74) is 0.983. The molecule has 0 bridgehead atoms. The molecule has 3 heterocycles. The lowest BCUT2D eigenvalue weighted by molar-refractivity contribution is -0.137. The highest BCUT2D eigenvalue weighted by atomic mass is 35.5. The second-order valence-electron chi connectivity index (χ2n) is 5.97. The summed E-state index contributed by atoms with van der Waals surface area (Å²) in [6.07, 6.45) is -3.00. The van der Waals surface area contributed by atoms with Crippen molar-refractivity contribution in [1.29, 1.82) is 0 Å². The molecule has 0 radical (unpaired) electrons. The zero-order chi connectivity index (χ0) is 20.8. The number of thioether (sulfide) groups is 1. The number of imidazole rings is 1. The molecule has 0 saturated carbocycles. The number of benzene rings is 1. The maximum atomic E-state index is 13.0. The van der Waals surface area contributed by atoms with Crippen LogP contribution in [-0.2, 0) is 19.0 Å².